The number of nitrogens with zero attached hydrogens (tertiary/aromatic N) is 3. The lowest BCUT2D eigenvalue weighted by Gasteiger charge is -2.30. The second-order valence-electron chi connectivity index (χ2n) is 7.22. The van der Waals surface area contributed by atoms with E-state index in [4.69, 9.17) is 0 Å². The van der Waals surface area contributed by atoms with Crippen LogP contribution in [0.3, 0.4) is 0 Å². The van der Waals surface area contributed by atoms with Gasteiger partial charge in [-0.3, -0.25) is 4.90 Å². The summed E-state index contributed by atoms with van der Waals surface area (Å²) in [5.74, 6) is 1.36. The molecule has 0 aliphatic rings. The molecular formula is C19H38IN5S. The molecule has 1 heterocycles. The van der Waals surface area contributed by atoms with Crippen molar-refractivity contribution >= 4 is 41.3 Å². The molecule has 0 spiro atoms. The maximum absolute atomic E-state index is 4.67. The number of thiazole rings is 1. The monoisotopic (exact) mass is 495 g/mol. The fraction of sp³-hybridized carbons (Fsp3) is 0.789. The summed E-state index contributed by atoms with van der Waals surface area (Å²) in [7, 11) is 0. The molecule has 0 aromatic carbocycles. The normalized spacial score (nSPS) is 12.2. The van der Waals surface area contributed by atoms with E-state index in [0.717, 1.165) is 42.7 Å². The number of hydrogen-bond acceptors (Lipinski definition) is 4. The van der Waals surface area contributed by atoms with Crippen LogP contribution in [-0.4, -0.2) is 47.6 Å². The molecule has 1 aromatic heterocycles. The lowest BCUT2D eigenvalue weighted by atomic mass is 10.2. The van der Waals surface area contributed by atoms with Crippen molar-refractivity contribution in [3.05, 3.63) is 16.1 Å². The van der Waals surface area contributed by atoms with Crippen molar-refractivity contribution in [2.75, 3.05) is 19.6 Å². The number of aliphatic imine (C=N–C) groups is 1. The first-order chi connectivity index (χ1) is 11.8. The Labute approximate surface area is 181 Å². The van der Waals surface area contributed by atoms with E-state index in [1.165, 1.54) is 0 Å². The molecule has 0 saturated heterocycles. The van der Waals surface area contributed by atoms with Gasteiger partial charge in [0.25, 0.3) is 0 Å². The Bertz CT molecular complexity index is 506. The predicted molar refractivity (Wildman–Crippen MR) is 126 cm³/mol. The van der Waals surface area contributed by atoms with Crippen LogP contribution in [0.2, 0.25) is 0 Å². The first-order valence-electron chi connectivity index (χ1n) is 9.57. The second kappa shape index (κ2) is 13.7. The zero-order chi connectivity index (χ0) is 18.8. The lowest BCUT2D eigenvalue weighted by molar-refractivity contribution is 0.173. The molecule has 1 rings (SSSR count). The Hall–Kier alpha value is -0.410. The smallest absolute Gasteiger partial charge is 0.191 e. The van der Waals surface area contributed by atoms with E-state index >= 15 is 0 Å². The van der Waals surface area contributed by atoms with Gasteiger partial charge < -0.3 is 10.6 Å². The minimum Gasteiger partial charge on any atom is -0.357 e. The van der Waals surface area contributed by atoms with Crippen molar-refractivity contribution in [1.29, 1.82) is 0 Å². The zero-order valence-electron chi connectivity index (χ0n) is 17.5. The summed E-state index contributed by atoms with van der Waals surface area (Å²) in [5.41, 5.74) is 1.16. The zero-order valence-corrected chi connectivity index (χ0v) is 20.6. The van der Waals surface area contributed by atoms with Gasteiger partial charge in [0.1, 0.15) is 5.01 Å². The van der Waals surface area contributed by atoms with Gasteiger partial charge in [-0.2, -0.15) is 0 Å². The van der Waals surface area contributed by atoms with Gasteiger partial charge in [-0.15, -0.1) is 35.3 Å². The Kier molecular flexibility index (Phi) is 13.5. The molecule has 7 heteroatoms. The van der Waals surface area contributed by atoms with Gasteiger partial charge >= 0.3 is 0 Å². The van der Waals surface area contributed by atoms with E-state index < -0.39 is 0 Å². The van der Waals surface area contributed by atoms with Gasteiger partial charge in [-0.25, -0.2) is 9.98 Å². The number of nitrogens with one attached hydrogen (secondary N) is 2. The summed E-state index contributed by atoms with van der Waals surface area (Å²) in [6.45, 7) is 19.0. The Morgan fingerprint density at radius 2 is 1.81 bits per heavy atom. The van der Waals surface area contributed by atoms with E-state index in [9.17, 15) is 0 Å². The quantitative estimate of drug-likeness (QED) is 0.218. The molecule has 0 unspecified atom stereocenters. The first-order valence-corrected chi connectivity index (χ1v) is 10.4. The summed E-state index contributed by atoms with van der Waals surface area (Å²) in [4.78, 5) is 11.8. The maximum atomic E-state index is 4.67. The molecule has 0 atom stereocenters. The van der Waals surface area contributed by atoms with Crippen LogP contribution in [-0.2, 0) is 6.54 Å². The third-order valence-corrected chi connectivity index (χ3v) is 4.94. The molecule has 0 aliphatic carbocycles. The van der Waals surface area contributed by atoms with E-state index in [0.29, 0.717) is 24.5 Å². The maximum Gasteiger partial charge on any atom is 0.191 e. The Morgan fingerprint density at radius 3 is 2.31 bits per heavy atom. The van der Waals surface area contributed by atoms with Crippen molar-refractivity contribution in [3.8, 4) is 0 Å². The van der Waals surface area contributed by atoms with E-state index in [-0.39, 0.29) is 24.0 Å². The molecule has 0 saturated carbocycles. The number of rotatable bonds is 10. The molecule has 152 valence electrons. The number of halogens is 1. The molecule has 0 bridgehead atoms. The largest absolute Gasteiger partial charge is 0.357 e. The summed E-state index contributed by atoms with van der Waals surface area (Å²) in [6.07, 6.45) is 1.11. The van der Waals surface area contributed by atoms with Crippen LogP contribution in [0.25, 0.3) is 0 Å². The highest BCUT2D eigenvalue weighted by Gasteiger charge is 2.12. The van der Waals surface area contributed by atoms with E-state index in [1.54, 1.807) is 11.3 Å². The van der Waals surface area contributed by atoms with Crippen LogP contribution in [0.1, 0.15) is 71.5 Å². The lowest BCUT2D eigenvalue weighted by Crippen LogP contribution is -2.41. The summed E-state index contributed by atoms with van der Waals surface area (Å²) >= 11 is 1.70. The predicted octanol–water partition coefficient (Wildman–Crippen LogP) is 4.45. The fourth-order valence-corrected chi connectivity index (χ4v) is 3.61. The molecule has 1 aromatic rings. The topological polar surface area (TPSA) is 52.6 Å². The molecule has 0 radical (unpaired) electrons. The van der Waals surface area contributed by atoms with Crippen molar-refractivity contribution < 1.29 is 0 Å². The van der Waals surface area contributed by atoms with Gasteiger partial charge in [0, 0.05) is 37.1 Å². The third-order valence-electron chi connectivity index (χ3n) is 4.09. The minimum atomic E-state index is 0. The standard InChI is InChI=1S/C19H37N5S.HI/c1-8-20-19(21-10-9-11-24(15(4)5)16(6)7)22-12-18-23-17(13-25-18)14(2)3;/h13-16H,8-12H2,1-7H3,(H2,20,21,22);1H. The highest BCUT2D eigenvalue weighted by atomic mass is 127. The van der Waals surface area contributed by atoms with E-state index in [2.05, 4.69) is 79.4 Å². The SMILES string of the molecule is CCNC(=NCc1nc(C(C)C)cs1)NCCCN(C(C)C)C(C)C.I. The van der Waals surface area contributed by atoms with E-state index in [1.807, 2.05) is 0 Å². The minimum absolute atomic E-state index is 0. The Balaban J connectivity index is 0.00000625. The van der Waals surface area contributed by atoms with Crippen LogP contribution in [0.5, 0.6) is 0 Å². The molecule has 26 heavy (non-hydrogen) atoms. The summed E-state index contributed by atoms with van der Waals surface area (Å²) in [5, 5.41) is 9.98. The van der Waals surface area contributed by atoms with Crippen molar-refractivity contribution in [2.45, 2.75) is 79.4 Å². The third kappa shape index (κ3) is 9.50. The highest BCUT2D eigenvalue weighted by Crippen LogP contribution is 2.18. The van der Waals surface area contributed by atoms with Crippen LogP contribution in [0.15, 0.2) is 10.4 Å². The first kappa shape index (κ1) is 25.6. The molecule has 0 amide bonds. The van der Waals surface area contributed by atoms with Gasteiger partial charge in [-0.05, 0) is 47.0 Å². The molecule has 0 fully saturated rings. The molecule has 2 N–H and O–H groups in total. The number of hydrogen-bond donors (Lipinski definition) is 2. The fourth-order valence-electron chi connectivity index (χ4n) is 2.73. The van der Waals surface area contributed by atoms with Crippen LogP contribution in [0.4, 0.5) is 0 Å². The summed E-state index contributed by atoms with van der Waals surface area (Å²) in [6, 6.07) is 1.17. The van der Waals surface area contributed by atoms with Crippen molar-refractivity contribution in [3.63, 3.8) is 0 Å². The van der Waals surface area contributed by atoms with Gasteiger partial charge in [0.2, 0.25) is 0 Å². The van der Waals surface area contributed by atoms with Crippen molar-refractivity contribution in [2.24, 2.45) is 4.99 Å². The van der Waals surface area contributed by atoms with Crippen molar-refractivity contribution in [1.82, 2.24) is 20.5 Å². The number of guanidine groups is 1. The van der Waals surface area contributed by atoms with Crippen LogP contribution in [0, 0.1) is 0 Å². The van der Waals surface area contributed by atoms with Crippen LogP contribution >= 0.6 is 35.3 Å². The molecular weight excluding hydrogens is 457 g/mol. The van der Waals surface area contributed by atoms with Crippen LogP contribution < -0.4 is 10.6 Å². The van der Waals surface area contributed by atoms with Gasteiger partial charge in [-0.1, -0.05) is 13.8 Å². The Morgan fingerprint density at radius 1 is 1.15 bits per heavy atom. The average molecular weight is 496 g/mol. The van der Waals surface area contributed by atoms with Gasteiger partial charge in [0.15, 0.2) is 5.96 Å². The molecule has 5 nitrogen and oxygen atoms in total. The molecule has 0 aliphatic heterocycles. The average Bonchev–Trinajstić information content (AvgIpc) is 3.00. The summed E-state index contributed by atoms with van der Waals surface area (Å²) < 4.78 is 0. The second-order valence-corrected chi connectivity index (χ2v) is 8.16. The number of aromatic nitrogens is 1. The highest BCUT2D eigenvalue weighted by molar-refractivity contribution is 14.0. The van der Waals surface area contributed by atoms with Gasteiger partial charge in [0.05, 0.1) is 12.2 Å².